The van der Waals surface area contributed by atoms with Crippen LogP contribution >= 0.6 is 0 Å². The van der Waals surface area contributed by atoms with Gasteiger partial charge in [0, 0.05) is 13.1 Å². The van der Waals surface area contributed by atoms with Crippen molar-refractivity contribution in [1.29, 1.82) is 0 Å². The van der Waals surface area contributed by atoms with Crippen LogP contribution in [0.25, 0.3) is 0 Å². The molecule has 19 heavy (non-hydrogen) atoms. The first kappa shape index (κ1) is 14.8. The van der Waals surface area contributed by atoms with Crippen LogP contribution in [0.2, 0.25) is 0 Å². The highest BCUT2D eigenvalue weighted by molar-refractivity contribution is 5.81. The number of nitrogens with one attached hydrogen (secondary N) is 2. The van der Waals surface area contributed by atoms with Gasteiger partial charge in [0.1, 0.15) is 0 Å². The fourth-order valence-corrected chi connectivity index (χ4v) is 3.30. The van der Waals surface area contributed by atoms with Gasteiger partial charge >= 0.3 is 0 Å². The van der Waals surface area contributed by atoms with Crippen molar-refractivity contribution in [3.8, 4) is 0 Å². The molecule has 2 saturated heterocycles. The van der Waals surface area contributed by atoms with Gasteiger partial charge in [-0.05, 0) is 64.1 Å². The van der Waals surface area contributed by atoms with Crippen LogP contribution in [0.4, 0.5) is 0 Å². The van der Waals surface area contributed by atoms with E-state index >= 15 is 0 Å². The molecule has 2 rings (SSSR count). The molecule has 0 spiro atoms. The van der Waals surface area contributed by atoms with Crippen molar-refractivity contribution in [3.05, 3.63) is 0 Å². The highest BCUT2D eigenvalue weighted by Gasteiger charge is 2.30. The number of likely N-dealkylation sites (tertiary alicyclic amines) is 1. The molecular weight excluding hydrogens is 238 g/mol. The van der Waals surface area contributed by atoms with E-state index in [1.165, 1.54) is 25.7 Å². The second-order valence-corrected chi connectivity index (χ2v) is 6.01. The minimum absolute atomic E-state index is 0.136. The van der Waals surface area contributed by atoms with Crippen LogP contribution < -0.4 is 10.6 Å². The van der Waals surface area contributed by atoms with Crippen molar-refractivity contribution >= 4 is 5.91 Å². The zero-order valence-electron chi connectivity index (χ0n) is 12.3. The monoisotopic (exact) mass is 267 g/mol. The molecule has 2 aliphatic rings. The summed E-state index contributed by atoms with van der Waals surface area (Å²) in [6, 6.07) is 0.136. The smallest absolute Gasteiger partial charge is 0.237 e. The Balaban J connectivity index is 1.83. The Kier molecular flexibility index (Phi) is 6.11. The summed E-state index contributed by atoms with van der Waals surface area (Å²) < 4.78 is 0. The molecule has 0 saturated carbocycles. The Bertz CT molecular complexity index is 283. The van der Waals surface area contributed by atoms with Crippen LogP contribution in [0.1, 0.15) is 45.4 Å². The lowest BCUT2D eigenvalue weighted by molar-refractivity contribution is -0.126. The highest BCUT2D eigenvalue weighted by atomic mass is 16.2. The lowest BCUT2D eigenvalue weighted by Gasteiger charge is -2.37. The molecule has 110 valence electrons. The molecular formula is C15H29N3O. The van der Waals surface area contributed by atoms with Crippen LogP contribution in [0.3, 0.4) is 0 Å². The maximum absolute atomic E-state index is 12.1. The van der Waals surface area contributed by atoms with Crippen molar-refractivity contribution in [2.75, 3.05) is 32.7 Å². The molecule has 0 aromatic rings. The number of hydrogen-bond donors (Lipinski definition) is 2. The Morgan fingerprint density at radius 3 is 3.05 bits per heavy atom. The van der Waals surface area contributed by atoms with Gasteiger partial charge in [0.25, 0.3) is 0 Å². The number of hydrogen-bond acceptors (Lipinski definition) is 3. The third kappa shape index (κ3) is 4.46. The normalized spacial score (nSPS) is 29.8. The molecule has 2 fully saturated rings. The van der Waals surface area contributed by atoms with Gasteiger partial charge < -0.3 is 10.6 Å². The first-order valence-electron chi connectivity index (χ1n) is 8.03. The molecule has 0 aliphatic carbocycles. The fourth-order valence-electron chi connectivity index (χ4n) is 3.30. The Morgan fingerprint density at radius 2 is 2.21 bits per heavy atom. The molecule has 2 atom stereocenters. The quantitative estimate of drug-likeness (QED) is 0.739. The number of nitrogens with zero attached hydrogens (tertiary/aromatic N) is 1. The predicted molar refractivity (Wildman–Crippen MR) is 78.1 cm³/mol. The van der Waals surface area contributed by atoms with E-state index in [1.54, 1.807) is 0 Å². The van der Waals surface area contributed by atoms with Gasteiger partial charge in [0.05, 0.1) is 6.04 Å². The maximum atomic E-state index is 12.1. The zero-order chi connectivity index (χ0) is 13.5. The SMILES string of the molecule is CCCNCC1CCCN(C2CCCCNC2=O)C1. The summed E-state index contributed by atoms with van der Waals surface area (Å²) in [6.07, 6.45) is 7.10. The minimum Gasteiger partial charge on any atom is -0.355 e. The summed E-state index contributed by atoms with van der Waals surface area (Å²) in [5, 5.41) is 6.59. The first-order valence-corrected chi connectivity index (χ1v) is 8.03. The molecule has 0 aromatic heterocycles. The van der Waals surface area contributed by atoms with Gasteiger partial charge in [-0.2, -0.15) is 0 Å². The van der Waals surface area contributed by atoms with Crippen LogP contribution in [-0.2, 0) is 4.79 Å². The van der Waals surface area contributed by atoms with Crippen LogP contribution in [-0.4, -0.2) is 49.6 Å². The molecule has 0 radical (unpaired) electrons. The van der Waals surface area contributed by atoms with E-state index in [0.717, 1.165) is 51.5 Å². The van der Waals surface area contributed by atoms with Gasteiger partial charge in [0.2, 0.25) is 5.91 Å². The maximum Gasteiger partial charge on any atom is 0.237 e. The molecule has 2 heterocycles. The summed E-state index contributed by atoms with van der Waals surface area (Å²) in [7, 11) is 0. The summed E-state index contributed by atoms with van der Waals surface area (Å²) in [5.41, 5.74) is 0. The van der Waals surface area contributed by atoms with E-state index in [1.807, 2.05) is 0 Å². The number of piperidine rings is 1. The van der Waals surface area contributed by atoms with E-state index in [9.17, 15) is 4.79 Å². The molecule has 0 aromatic carbocycles. The molecule has 2 N–H and O–H groups in total. The lowest BCUT2D eigenvalue weighted by atomic mass is 9.95. The zero-order valence-corrected chi connectivity index (χ0v) is 12.3. The fraction of sp³-hybridized carbons (Fsp3) is 0.933. The van der Waals surface area contributed by atoms with E-state index in [2.05, 4.69) is 22.5 Å². The molecule has 2 unspecified atom stereocenters. The standard InChI is InChI=1S/C15H29N3O/c1-2-8-16-11-13-6-5-10-18(12-13)14-7-3-4-9-17-15(14)19/h13-14,16H,2-12H2,1H3,(H,17,19). The summed E-state index contributed by atoms with van der Waals surface area (Å²) in [5.74, 6) is 0.982. The highest BCUT2D eigenvalue weighted by Crippen LogP contribution is 2.21. The summed E-state index contributed by atoms with van der Waals surface area (Å²) in [6.45, 7) is 7.48. The van der Waals surface area contributed by atoms with E-state index in [-0.39, 0.29) is 11.9 Å². The molecule has 0 bridgehead atoms. The van der Waals surface area contributed by atoms with Crippen LogP contribution in [0.15, 0.2) is 0 Å². The van der Waals surface area contributed by atoms with Gasteiger partial charge in [-0.25, -0.2) is 0 Å². The van der Waals surface area contributed by atoms with Crippen LogP contribution in [0.5, 0.6) is 0 Å². The Hall–Kier alpha value is -0.610. The number of carbonyl (C=O) groups excluding carboxylic acids is 1. The topological polar surface area (TPSA) is 44.4 Å². The number of amides is 1. The summed E-state index contributed by atoms with van der Waals surface area (Å²) >= 11 is 0. The molecule has 1 amide bonds. The first-order chi connectivity index (χ1) is 9.31. The molecule has 4 heteroatoms. The largest absolute Gasteiger partial charge is 0.355 e. The number of carbonyl (C=O) groups is 1. The Morgan fingerprint density at radius 1 is 1.32 bits per heavy atom. The second-order valence-electron chi connectivity index (χ2n) is 6.01. The van der Waals surface area contributed by atoms with E-state index in [4.69, 9.17) is 0 Å². The number of rotatable bonds is 5. The minimum atomic E-state index is 0.136. The van der Waals surface area contributed by atoms with Crippen molar-refractivity contribution in [3.63, 3.8) is 0 Å². The molecule has 2 aliphatic heterocycles. The van der Waals surface area contributed by atoms with Crippen molar-refractivity contribution < 1.29 is 4.79 Å². The van der Waals surface area contributed by atoms with Crippen molar-refractivity contribution in [1.82, 2.24) is 15.5 Å². The third-order valence-electron chi connectivity index (χ3n) is 4.36. The lowest BCUT2D eigenvalue weighted by Crippen LogP contribution is -2.50. The van der Waals surface area contributed by atoms with Crippen molar-refractivity contribution in [2.24, 2.45) is 5.92 Å². The average molecular weight is 267 g/mol. The van der Waals surface area contributed by atoms with Gasteiger partial charge in [-0.3, -0.25) is 9.69 Å². The average Bonchev–Trinajstić information content (AvgIpc) is 2.64. The Labute approximate surface area is 117 Å². The molecule has 4 nitrogen and oxygen atoms in total. The van der Waals surface area contributed by atoms with Crippen molar-refractivity contribution in [2.45, 2.75) is 51.5 Å². The van der Waals surface area contributed by atoms with Gasteiger partial charge in [0.15, 0.2) is 0 Å². The van der Waals surface area contributed by atoms with E-state index in [0.29, 0.717) is 0 Å². The van der Waals surface area contributed by atoms with Crippen LogP contribution in [0, 0.1) is 5.92 Å². The third-order valence-corrected chi connectivity index (χ3v) is 4.36. The van der Waals surface area contributed by atoms with Gasteiger partial charge in [-0.1, -0.05) is 6.92 Å². The van der Waals surface area contributed by atoms with E-state index < -0.39 is 0 Å². The second kappa shape index (κ2) is 7.85. The van der Waals surface area contributed by atoms with Gasteiger partial charge in [-0.15, -0.1) is 0 Å². The predicted octanol–water partition coefficient (Wildman–Crippen LogP) is 1.37. The summed E-state index contributed by atoms with van der Waals surface area (Å²) in [4.78, 5) is 14.5.